The van der Waals surface area contributed by atoms with Gasteiger partial charge in [-0.2, -0.15) is 10.2 Å². The van der Waals surface area contributed by atoms with E-state index in [9.17, 15) is 4.79 Å². The fourth-order valence-electron chi connectivity index (χ4n) is 4.03. The zero-order valence-electron chi connectivity index (χ0n) is 14.2. The molecule has 2 aromatic heterocycles. The van der Waals surface area contributed by atoms with Crippen LogP contribution in [0.25, 0.3) is 0 Å². The van der Waals surface area contributed by atoms with Crippen molar-refractivity contribution in [2.24, 2.45) is 7.05 Å². The Morgan fingerprint density at radius 3 is 2.83 bits per heavy atom. The van der Waals surface area contributed by atoms with Crippen LogP contribution in [-0.4, -0.2) is 25.6 Å². The quantitative estimate of drug-likeness (QED) is 0.929. The summed E-state index contributed by atoms with van der Waals surface area (Å²) in [5.74, 6) is 0. The van der Waals surface area contributed by atoms with Gasteiger partial charge in [-0.3, -0.25) is 9.48 Å². The van der Waals surface area contributed by atoms with Gasteiger partial charge in [-0.1, -0.05) is 0 Å². The molecule has 2 aliphatic rings. The molecule has 2 aliphatic carbocycles. The largest absolute Gasteiger partial charge is 0.308 e. The van der Waals surface area contributed by atoms with Crippen molar-refractivity contribution in [3.8, 4) is 0 Å². The van der Waals surface area contributed by atoms with Crippen LogP contribution >= 0.6 is 0 Å². The summed E-state index contributed by atoms with van der Waals surface area (Å²) in [5.41, 5.74) is 3.60. The molecule has 0 atom stereocenters. The molecule has 4 rings (SSSR count). The summed E-state index contributed by atoms with van der Waals surface area (Å²) in [6, 6.07) is 4.65. The van der Waals surface area contributed by atoms with Gasteiger partial charge in [0.05, 0.1) is 17.4 Å². The standard InChI is InChI=1S/C18H25N5O/c1-22-16(9-10-20-22)12-19-14-5-7-15(8-6-14)23-18(24)11-13-3-2-4-17(13)21-23/h9-11,14-15,19H,2-8,12H2,1H3. The van der Waals surface area contributed by atoms with Crippen molar-refractivity contribution in [1.29, 1.82) is 0 Å². The molecule has 6 heteroatoms. The third-order valence-corrected chi connectivity index (χ3v) is 5.52. The molecule has 0 saturated heterocycles. The van der Waals surface area contributed by atoms with Crippen molar-refractivity contribution < 1.29 is 0 Å². The first-order valence-corrected chi connectivity index (χ1v) is 9.02. The summed E-state index contributed by atoms with van der Waals surface area (Å²) in [5, 5.41) is 12.5. The number of fused-ring (bicyclic) bond motifs is 1. The summed E-state index contributed by atoms with van der Waals surface area (Å²) >= 11 is 0. The number of hydrogen-bond donors (Lipinski definition) is 1. The Balaban J connectivity index is 1.36. The molecule has 0 aliphatic heterocycles. The number of nitrogens with zero attached hydrogens (tertiary/aromatic N) is 4. The van der Waals surface area contributed by atoms with E-state index in [2.05, 4.69) is 15.5 Å². The lowest BCUT2D eigenvalue weighted by atomic mass is 9.91. The van der Waals surface area contributed by atoms with E-state index >= 15 is 0 Å². The predicted molar refractivity (Wildman–Crippen MR) is 91.9 cm³/mol. The van der Waals surface area contributed by atoms with Gasteiger partial charge in [-0.15, -0.1) is 0 Å². The normalized spacial score (nSPS) is 23.4. The Hall–Kier alpha value is -1.95. The summed E-state index contributed by atoms with van der Waals surface area (Å²) in [7, 11) is 1.97. The second-order valence-electron chi connectivity index (χ2n) is 7.09. The van der Waals surface area contributed by atoms with E-state index in [-0.39, 0.29) is 11.6 Å². The fourth-order valence-corrected chi connectivity index (χ4v) is 4.03. The number of nitrogens with one attached hydrogen (secondary N) is 1. The minimum Gasteiger partial charge on any atom is -0.308 e. The van der Waals surface area contributed by atoms with Crippen LogP contribution in [0.5, 0.6) is 0 Å². The van der Waals surface area contributed by atoms with Crippen molar-refractivity contribution in [3.05, 3.63) is 45.6 Å². The summed E-state index contributed by atoms with van der Waals surface area (Å²) in [4.78, 5) is 12.4. The molecule has 1 N–H and O–H groups in total. The molecule has 0 aromatic carbocycles. The topological polar surface area (TPSA) is 64.7 Å². The molecule has 1 fully saturated rings. The number of hydrogen-bond acceptors (Lipinski definition) is 4. The molecular weight excluding hydrogens is 302 g/mol. The second kappa shape index (κ2) is 6.51. The van der Waals surface area contributed by atoms with Crippen molar-refractivity contribution in [3.63, 3.8) is 0 Å². The van der Waals surface area contributed by atoms with Crippen LogP contribution in [0.4, 0.5) is 0 Å². The molecule has 2 aromatic rings. The highest BCUT2D eigenvalue weighted by Crippen LogP contribution is 2.28. The third kappa shape index (κ3) is 3.02. The molecule has 128 valence electrons. The number of rotatable bonds is 4. The van der Waals surface area contributed by atoms with Gasteiger partial charge < -0.3 is 5.32 Å². The molecule has 0 unspecified atom stereocenters. The van der Waals surface area contributed by atoms with E-state index in [1.165, 1.54) is 11.3 Å². The highest BCUT2D eigenvalue weighted by Gasteiger charge is 2.25. The minimum atomic E-state index is 0.0851. The van der Waals surface area contributed by atoms with Crippen molar-refractivity contribution in [2.75, 3.05) is 0 Å². The summed E-state index contributed by atoms with van der Waals surface area (Å²) in [6.45, 7) is 0.850. The van der Waals surface area contributed by atoms with Crippen LogP contribution < -0.4 is 10.9 Å². The Morgan fingerprint density at radius 2 is 2.08 bits per heavy atom. The maximum atomic E-state index is 12.4. The zero-order chi connectivity index (χ0) is 16.5. The van der Waals surface area contributed by atoms with Crippen LogP contribution in [0.3, 0.4) is 0 Å². The molecular formula is C18H25N5O. The summed E-state index contributed by atoms with van der Waals surface area (Å²) < 4.78 is 3.67. The monoisotopic (exact) mass is 327 g/mol. The maximum Gasteiger partial charge on any atom is 0.267 e. The molecule has 0 spiro atoms. The van der Waals surface area contributed by atoms with E-state index in [0.717, 1.165) is 57.2 Å². The van der Waals surface area contributed by atoms with E-state index in [1.54, 1.807) is 4.68 Å². The molecule has 2 heterocycles. The van der Waals surface area contributed by atoms with Crippen molar-refractivity contribution in [2.45, 2.75) is 63.6 Å². The van der Waals surface area contributed by atoms with Crippen molar-refractivity contribution in [1.82, 2.24) is 24.9 Å². The van der Waals surface area contributed by atoms with Crippen LogP contribution in [0.2, 0.25) is 0 Å². The molecule has 6 nitrogen and oxygen atoms in total. The first-order valence-electron chi connectivity index (χ1n) is 9.02. The van der Waals surface area contributed by atoms with Gasteiger partial charge in [0.25, 0.3) is 5.56 Å². The average molecular weight is 327 g/mol. The fraction of sp³-hybridized carbons (Fsp3) is 0.611. The Labute approximate surface area is 141 Å². The minimum absolute atomic E-state index is 0.0851. The third-order valence-electron chi connectivity index (χ3n) is 5.52. The van der Waals surface area contributed by atoms with Crippen LogP contribution in [-0.2, 0) is 26.4 Å². The summed E-state index contributed by atoms with van der Waals surface area (Å²) in [6.07, 6.45) is 9.24. The van der Waals surface area contributed by atoms with Gasteiger partial charge in [0.1, 0.15) is 0 Å². The lowest BCUT2D eigenvalue weighted by molar-refractivity contribution is 0.266. The number of aryl methyl sites for hydroxylation is 3. The lowest BCUT2D eigenvalue weighted by Crippen LogP contribution is -2.37. The van der Waals surface area contributed by atoms with E-state index in [4.69, 9.17) is 0 Å². The lowest BCUT2D eigenvalue weighted by Gasteiger charge is -2.29. The highest BCUT2D eigenvalue weighted by atomic mass is 16.1. The van der Waals surface area contributed by atoms with Crippen LogP contribution in [0.1, 0.15) is 55.1 Å². The Kier molecular flexibility index (Phi) is 4.22. The SMILES string of the molecule is Cn1nccc1CNC1CCC(n2nc3c(cc2=O)CCC3)CC1. The molecule has 24 heavy (non-hydrogen) atoms. The van der Waals surface area contributed by atoms with Crippen molar-refractivity contribution >= 4 is 0 Å². The van der Waals surface area contributed by atoms with E-state index < -0.39 is 0 Å². The Morgan fingerprint density at radius 1 is 1.25 bits per heavy atom. The van der Waals surface area contributed by atoms with Crippen LogP contribution in [0, 0.1) is 0 Å². The van der Waals surface area contributed by atoms with Gasteiger partial charge in [0.2, 0.25) is 0 Å². The van der Waals surface area contributed by atoms with Gasteiger partial charge in [-0.05, 0) is 56.6 Å². The molecule has 0 amide bonds. The molecule has 1 saturated carbocycles. The van der Waals surface area contributed by atoms with Gasteiger partial charge in [0, 0.05) is 31.9 Å². The van der Waals surface area contributed by atoms with Gasteiger partial charge in [0.15, 0.2) is 0 Å². The first kappa shape index (κ1) is 15.6. The first-order chi connectivity index (χ1) is 11.7. The van der Waals surface area contributed by atoms with Gasteiger partial charge >= 0.3 is 0 Å². The molecule has 0 bridgehead atoms. The number of aromatic nitrogens is 4. The smallest absolute Gasteiger partial charge is 0.267 e. The predicted octanol–water partition coefficient (Wildman–Crippen LogP) is 1.74. The second-order valence-corrected chi connectivity index (χ2v) is 7.09. The van der Waals surface area contributed by atoms with Crippen LogP contribution in [0.15, 0.2) is 23.1 Å². The van der Waals surface area contributed by atoms with E-state index in [0.29, 0.717) is 6.04 Å². The maximum absolute atomic E-state index is 12.4. The molecule has 0 radical (unpaired) electrons. The highest BCUT2D eigenvalue weighted by molar-refractivity contribution is 5.22. The Bertz CT molecular complexity index is 770. The van der Waals surface area contributed by atoms with E-state index in [1.807, 2.05) is 30.1 Å². The van der Waals surface area contributed by atoms with Gasteiger partial charge in [-0.25, -0.2) is 4.68 Å². The average Bonchev–Trinajstić information content (AvgIpc) is 3.21. The zero-order valence-corrected chi connectivity index (χ0v) is 14.2.